The predicted octanol–water partition coefficient (Wildman–Crippen LogP) is 1.59. The van der Waals surface area contributed by atoms with E-state index in [1.54, 1.807) is 6.20 Å². The average Bonchev–Trinajstić information content (AvgIpc) is 3.24. The molecular formula is C16H25ClN4O2S. The number of aromatic nitrogens is 1. The Bertz CT molecular complexity index is 574. The second kappa shape index (κ2) is 8.78. The highest BCUT2D eigenvalue weighted by Gasteiger charge is 2.27. The van der Waals surface area contributed by atoms with Crippen molar-refractivity contribution in [2.75, 3.05) is 26.2 Å². The van der Waals surface area contributed by atoms with E-state index in [2.05, 4.69) is 15.6 Å². The van der Waals surface area contributed by atoms with Crippen molar-refractivity contribution in [2.24, 2.45) is 5.92 Å². The van der Waals surface area contributed by atoms with Gasteiger partial charge >= 0.3 is 0 Å². The molecule has 2 N–H and O–H groups in total. The lowest BCUT2D eigenvalue weighted by atomic mass is 9.97. The van der Waals surface area contributed by atoms with Gasteiger partial charge in [0.05, 0.1) is 17.2 Å². The van der Waals surface area contributed by atoms with Crippen LogP contribution in [-0.4, -0.2) is 53.9 Å². The third-order valence-electron chi connectivity index (χ3n) is 4.58. The van der Waals surface area contributed by atoms with Crippen LogP contribution in [0.3, 0.4) is 0 Å². The fraction of sp³-hybridized carbons (Fsp3) is 0.688. The molecule has 2 unspecified atom stereocenters. The second-order valence-electron chi connectivity index (χ2n) is 6.40. The van der Waals surface area contributed by atoms with Crippen molar-refractivity contribution in [3.63, 3.8) is 0 Å². The van der Waals surface area contributed by atoms with E-state index >= 15 is 0 Å². The minimum absolute atomic E-state index is 0. The molecule has 0 spiro atoms. The summed E-state index contributed by atoms with van der Waals surface area (Å²) in [6.45, 7) is 5.01. The molecule has 6 nitrogen and oxygen atoms in total. The Kier molecular flexibility index (Phi) is 7.01. The monoisotopic (exact) mass is 372 g/mol. The smallest absolute Gasteiger partial charge is 0.265 e. The lowest BCUT2D eigenvalue weighted by Crippen LogP contribution is -2.46. The minimum Gasteiger partial charge on any atom is -0.354 e. The van der Waals surface area contributed by atoms with Crippen LogP contribution in [0.2, 0.25) is 0 Å². The molecule has 0 bridgehead atoms. The number of hydrogen-bond donors (Lipinski definition) is 2. The Morgan fingerprint density at radius 2 is 2.25 bits per heavy atom. The van der Waals surface area contributed by atoms with Crippen molar-refractivity contribution in [3.8, 4) is 0 Å². The van der Waals surface area contributed by atoms with Gasteiger partial charge in [-0.3, -0.25) is 9.59 Å². The Balaban J connectivity index is 0.00000208. The van der Waals surface area contributed by atoms with Gasteiger partial charge in [0.15, 0.2) is 0 Å². The van der Waals surface area contributed by atoms with Crippen LogP contribution in [0.25, 0.3) is 0 Å². The van der Waals surface area contributed by atoms with Gasteiger partial charge in [-0.15, -0.1) is 23.7 Å². The number of aryl methyl sites for hydroxylation is 1. The molecule has 2 saturated heterocycles. The molecule has 1 aromatic heterocycles. The van der Waals surface area contributed by atoms with Crippen LogP contribution in [-0.2, 0) is 4.79 Å². The van der Waals surface area contributed by atoms with Gasteiger partial charge in [0, 0.05) is 19.6 Å². The molecule has 1 aromatic rings. The van der Waals surface area contributed by atoms with Crippen molar-refractivity contribution in [1.82, 2.24) is 20.5 Å². The molecule has 134 valence electrons. The summed E-state index contributed by atoms with van der Waals surface area (Å²) in [5, 5.41) is 7.18. The molecule has 24 heavy (non-hydrogen) atoms. The minimum atomic E-state index is -0.0310. The Morgan fingerprint density at radius 3 is 2.92 bits per heavy atom. The highest BCUT2D eigenvalue weighted by Crippen LogP contribution is 2.21. The number of piperidine rings is 1. The van der Waals surface area contributed by atoms with E-state index in [9.17, 15) is 9.59 Å². The molecule has 2 amide bonds. The number of likely N-dealkylation sites (tertiary alicyclic amines) is 1. The molecule has 2 aliphatic heterocycles. The van der Waals surface area contributed by atoms with Crippen molar-refractivity contribution in [2.45, 2.75) is 38.6 Å². The number of amides is 2. The fourth-order valence-electron chi connectivity index (χ4n) is 3.31. The van der Waals surface area contributed by atoms with Crippen LogP contribution in [0.1, 0.15) is 40.4 Å². The zero-order chi connectivity index (χ0) is 16.2. The standard InChI is InChI=1S/C16H24N4O2S.ClH/c1-11-18-9-14(23-11)16(22)20-7-3-4-12(10-20)8-19-15(21)13-5-2-6-17-13;/h9,12-13,17H,2-8,10H2,1H3,(H,19,21);1H. The van der Waals surface area contributed by atoms with Gasteiger partial charge in [-0.2, -0.15) is 0 Å². The quantitative estimate of drug-likeness (QED) is 0.841. The predicted molar refractivity (Wildman–Crippen MR) is 96.8 cm³/mol. The van der Waals surface area contributed by atoms with Gasteiger partial charge in [-0.25, -0.2) is 4.98 Å². The summed E-state index contributed by atoms with van der Waals surface area (Å²) in [7, 11) is 0. The third kappa shape index (κ3) is 4.68. The van der Waals surface area contributed by atoms with Gasteiger partial charge in [0.25, 0.3) is 5.91 Å². The average molecular weight is 373 g/mol. The highest BCUT2D eigenvalue weighted by molar-refractivity contribution is 7.13. The van der Waals surface area contributed by atoms with E-state index in [1.807, 2.05) is 11.8 Å². The number of halogens is 1. The number of thiazole rings is 1. The number of nitrogens with one attached hydrogen (secondary N) is 2. The molecule has 0 saturated carbocycles. The zero-order valence-corrected chi connectivity index (χ0v) is 15.5. The molecule has 8 heteroatoms. The van der Waals surface area contributed by atoms with E-state index in [0.717, 1.165) is 43.8 Å². The third-order valence-corrected chi connectivity index (χ3v) is 5.48. The van der Waals surface area contributed by atoms with Gasteiger partial charge in [0.2, 0.25) is 5.91 Å². The maximum Gasteiger partial charge on any atom is 0.265 e. The first kappa shape index (κ1) is 19.1. The summed E-state index contributed by atoms with van der Waals surface area (Å²) in [6, 6.07) is -0.0310. The molecule has 2 aliphatic rings. The summed E-state index contributed by atoms with van der Waals surface area (Å²) in [6.07, 6.45) is 5.71. The normalized spacial score (nSPS) is 23.6. The van der Waals surface area contributed by atoms with Crippen molar-refractivity contribution in [1.29, 1.82) is 0 Å². The number of carbonyl (C=O) groups is 2. The SMILES string of the molecule is Cc1ncc(C(=O)N2CCCC(CNC(=O)C3CCCN3)C2)s1.Cl. The molecule has 3 heterocycles. The first-order valence-electron chi connectivity index (χ1n) is 8.36. The van der Waals surface area contributed by atoms with Gasteiger partial charge in [-0.05, 0) is 45.1 Å². The summed E-state index contributed by atoms with van der Waals surface area (Å²) in [5.74, 6) is 0.514. The fourth-order valence-corrected chi connectivity index (χ4v) is 4.05. The van der Waals surface area contributed by atoms with E-state index in [4.69, 9.17) is 0 Å². The molecule has 0 aromatic carbocycles. The number of rotatable bonds is 4. The summed E-state index contributed by atoms with van der Waals surface area (Å²) in [4.78, 5) is 31.3. The molecule has 2 atom stereocenters. The van der Waals surface area contributed by atoms with E-state index < -0.39 is 0 Å². The second-order valence-corrected chi connectivity index (χ2v) is 7.63. The number of hydrogen-bond acceptors (Lipinski definition) is 5. The summed E-state index contributed by atoms with van der Waals surface area (Å²) in [5.41, 5.74) is 0. The lowest BCUT2D eigenvalue weighted by Gasteiger charge is -2.32. The number of nitrogens with zero attached hydrogens (tertiary/aromatic N) is 2. The molecular weight excluding hydrogens is 348 g/mol. The van der Waals surface area contributed by atoms with Crippen LogP contribution in [0.4, 0.5) is 0 Å². The molecule has 0 radical (unpaired) electrons. The van der Waals surface area contributed by atoms with E-state index in [-0.39, 0.29) is 30.3 Å². The van der Waals surface area contributed by atoms with Crippen LogP contribution in [0.5, 0.6) is 0 Å². The van der Waals surface area contributed by atoms with Gasteiger partial charge in [-0.1, -0.05) is 0 Å². The van der Waals surface area contributed by atoms with E-state index in [0.29, 0.717) is 23.9 Å². The summed E-state index contributed by atoms with van der Waals surface area (Å²) >= 11 is 1.45. The Morgan fingerprint density at radius 1 is 1.42 bits per heavy atom. The topological polar surface area (TPSA) is 74.3 Å². The van der Waals surface area contributed by atoms with Gasteiger partial charge in [0.1, 0.15) is 4.88 Å². The first-order chi connectivity index (χ1) is 11.1. The van der Waals surface area contributed by atoms with E-state index in [1.165, 1.54) is 11.3 Å². The van der Waals surface area contributed by atoms with Crippen molar-refractivity contribution < 1.29 is 9.59 Å². The zero-order valence-electron chi connectivity index (χ0n) is 13.9. The largest absolute Gasteiger partial charge is 0.354 e. The van der Waals surface area contributed by atoms with Gasteiger partial charge < -0.3 is 15.5 Å². The van der Waals surface area contributed by atoms with Crippen LogP contribution in [0, 0.1) is 12.8 Å². The molecule has 3 rings (SSSR count). The maximum absolute atomic E-state index is 12.5. The highest BCUT2D eigenvalue weighted by atomic mass is 35.5. The number of carbonyl (C=O) groups excluding carboxylic acids is 2. The van der Waals surface area contributed by atoms with Crippen LogP contribution < -0.4 is 10.6 Å². The lowest BCUT2D eigenvalue weighted by molar-refractivity contribution is -0.123. The Labute approximate surface area is 152 Å². The van der Waals surface area contributed by atoms with Crippen LogP contribution >= 0.6 is 23.7 Å². The summed E-state index contributed by atoms with van der Waals surface area (Å²) < 4.78 is 0. The maximum atomic E-state index is 12.5. The molecule has 0 aliphatic carbocycles. The molecule has 2 fully saturated rings. The van der Waals surface area contributed by atoms with Crippen molar-refractivity contribution >= 4 is 35.6 Å². The van der Waals surface area contributed by atoms with Crippen molar-refractivity contribution in [3.05, 3.63) is 16.1 Å². The first-order valence-corrected chi connectivity index (χ1v) is 9.18. The van der Waals surface area contributed by atoms with Crippen LogP contribution in [0.15, 0.2) is 6.20 Å². The Hall–Kier alpha value is -1.18.